The third kappa shape index (κ3) is 3.69. The molecule has 2 aromatic rings. The number of aromatic hydroxyl groups is 2. The molecule has 23 heavy (non-hydrogen) atoms. The number of phenols is 2. The molecule has 124 valence electrons. The zero-order chi connectivity index (χ0) is 17.4. The van der Waals surface area contributed by atoms with Gasteiger partial charge in [0.2, 0.25) is 0 Å². The van der Waals surface area contributed by atoms with E-state index in [9.17, 15) is 10.2 Å². The molecule has 0 spiro atoms. The van der Waals surface area contributed by atoms with Gasteiger partial charge in [-0.05, 0) is 22.5 Å². The van der Waals surface area contributed by atoms with E-state index in [4.69, 9.17) is 0 Å². The van der Waals surface area contributed by atoms with Gasteiger partial charge < -0.3 is 10.2 Å². The normalized spacial score (nSPS) is 12.4. The Morgan fingerprint density at radius 1 is 0.739 bits per heavy atom. The highest BCUT2D eigenvalue weighted by Crippen LogP contribution is 2.44. The number of rotatable bonds is 2. The lowest BCUT2D eigenvalue weighted by molar-refractivity contribution is 0.409. The minimum absolute atomic E-state index is 0.191. The van der Waals surface area contributed by atoms with E-state index in [0.717, 1.165) is 16.7 Å². The first-order valence-electron chi connectivity index (χ1n) is 8.14. The summed E-state index contributed by atoms with van der Waals surface area (Å²) in [6.07, 6.45) is 0.519. The average Bonchev–Trinajstić information content (AvgIpc) is 2.41. The highest BCUT2D eigenvalue weighted by Gasteiger charge is 2.28. The van der Waals surface area contributed by atoms with Crippen molar-refractivity contribution in [2.45, 2.75) is 58.8 Å². The summed E-state index contributed by atoms with van der Waals surface area (Å²) in [4.78, 5) is 0. The van der Waals surface area contributed by atoms with Crippen LogP contribution in [0.15, 0.2) is 36.4 Å². The van der Waals surface area contributed by atoms with Gasteiger partial charge in [0.25, 0.3) is 0 Å². The van der Waals surface area contributed by atoms with Crippen LogP contribution in [-0.4, -0.2) is 10.2 Å². The second-order valence-corrected chi connectivity index (χ2v) is 8.31. The van der Waals surface area contributed by atoms with Crippen LogP contribution in [0.3, 0.4) is 0 Å². The molecule has 2 aromatic carbocycles. The van der Waals surface area contributed by atoms with Gasteiger partial charge >= 0.3 is 0 Å². The van der Waals surface area contributed by atoms with Crippen LogP contribution in [-0.2, 0) is 17.3 Å². The van der Waals surface area contributed by atoms with Crippen LogP contribution in [0, 0.1) is 0 Å². The first kappa shape index (κ1) is 17.4. The van der Waals surface area contributed by atoms with Gasteiger partial charge in [0.15, 0.2) is 0 Å². The maximum atomic E-state index is 10.8. The average molecular weight is 312 g/mol. The van der Waals surface area contributed by atoms with Crippen LogP contribution >= 0.6 is 0 Å². The third-order valence-corrected chi connectivity index (χ3v) is 4.21. The number of hydrogen-bond acceptors (Lipinski definition) is 2. The fraction of sp³-hybridized carbons (Fsp3) is 0.429. The van der Waals surface area contributed by atoms with Gasteiger partial charge in [-0.1, -0.05) is 71.9 Å². The zero-order valence-corrected chi connectivity index (χ0v) is 15.1. The van der Waals surface area contributed by atoms with Crippen molar-refractivity contribution in [3.63, 3.8) is 0 Å². The van der Waals surface area contributed by atoms with Gasteiger partial charge in [-0.15, -0.1) is 0 Å². The van der Waals surface area contributed by atoms with E-state index >= 15 is 0 Å². The third-order valence-electron chi connectivity index (χ3n) is 4.21. The molecule has 0 aromatic heterocycles. The second-order valence-electron chi connectivity index (χ2n) is 8.31. The van der Waals surface area contributed by atoms with Crippen molar-refractivity contribution in [3.05, 3.63) is 58.7 Å². The summed E-state index contributed by atoms with van der Waals surface area (Å²) >= 11 is 0. The predicted molar refractivity (Wildman–Crippen MR) is 96.4 cm³/mol. The van der Waals surface area contributed by atoms with Crippen molar-refractivity contribution in [1.82, 2.24) is 0 Å². The summed E-state index contributed by atoms with van der Waals surface area (Å²) in [6.45, 7) is 12.5. The summed E-state index contributed by atoms with van der Waals surface area (Å²) in [6, 6.07) is 11.9. The van der Waals surface area contributed by atoms with Crippen LogP contribution in [0.25, 0.3) is 0 Å². The molecule has 2 rings (SSSR count). The summed E-state index contributed by atoms with van der Waals surface area (Å²) in [5.41, 5.74) is 3.07. The standard InChI is InChI=1S/C21H28O2/c1-20(2,3)16-13-17(21(4,5)6)19(23)15(18(16)22)12-14-10-8-7-9-11-14/h7-11,13,22-23H,12H2,1-6H3. The van der Waals surface area contributed by atoms with E-state index in [1.165, 1.54) is 0 Å². The SMILES string of the molecule is CC(C)(C)c1cc(C(C)(C)C)c(O)c(Cc2ccccc2)c1O. The smallest absolute Gasteiger partial charge is 0.126 e. The Balaban J connectivity index is 2.69. The molecule has 0 radical (unpaired) electrons. The first-order valence-corrected chi connectivity index (χ1v) is 8.14. The molecule has 0 atom stereocenters. The highest BCUT2D eigenvalue weighted by atomic mass is 16.3. The fourth-order valence-electron chi connectivity index (χ4n) is 2.83. The molecule has 2 heteroatoms. The minimum Gasteiger partial charge on any atom is -0.507 e. The number of hydrogen-bond donors (Lipinski definition) is 2. The van der Waals surface area contributed by atoms with Gasteiger partial charge in [0, 0.05) is 23.1 Å². The van der Waals surface area contributed by atoms with E-state index in [-0.39, 0.29) is 22.3 Å². The summed E-state index contributed by atoms with van der Waals surface area (Å²) in [5.74, 6) is 0.429. The lowest BCUT2D eigenvalue weighted by Crippen LogP contribution is -2.18. The molecular weight excluding hydrogens is 284 g/mol. The molecular formula is C21H28O2. The zero-order valence-electron chi connectivity index (χ0n) is 15.1. The molecule has 0 heterocycles. The van der Waals surface area contributed by atoms with Gasteiger partial charge in [0.1, 0.15) is 11.5 Å². The first-order chi connectivity index (χ1) is 10.5. The Morgan fingerprint density at radius 2 is 1.17 bits per heavy atom. The molecule has 0 fully saturated rings. The maximum Gasteiger partial charge on any atom is 0.126 e. The lowest BCUT2D eigenvalue weighted by atomic mass is 9.77. The predicted octanol–water partition coefficient (Wildman–Crippen LogP) is 5.28. The molecule has 0 saturated carbocycles. The fourth-order valence-corrected chi connectivity index (χ4v) is 2.83. The quantitative estimate of drug-likeness (QED) is 0.791. The number of phenolic OH excluding ortho intramolecular Hbond substituents is 2. The lowest BCUT2D eigenvalue weighted by Gasteiger charge is -2.29. The van der Waals surface area contributed by atoms with E-state index in [0.29, 0.717) is 12.0 Å². The summed E-state index contributed by atoms with van der Waals surface area (Å²) in [7, 11) is 0. The summed E-state index contributed by atoms with van der Waals surface area (Å²) < 4.78 is 0. The molecule has 0 saturated heterocycles. The van der Waals surface area contributed by atoms with Crippen LogP contribution in [0.4, 0.5) is 0 Å². The largest absolute Gasteiger partial charge is 0.507 e. The van der Waals surface area contributed by atoms with E-state index in [2.05, 4.69) is 41.5 Å². The van der Waals surface area contributed by atoms with E-state index in [1.54, 1.807) is 0 Å². The Bertz CT molecular complexity index is 648. The van der Waals surface area contributed by atoms with Crippen molar-refractivity contribution in [1.29, 1.82) is 0 Å². The maximum absolute atomic E-state index is 10.8. The molecule has 2 nitrogen and oxygen atoms in total. The van der Waals surface area contributed by atoms with Crippen LogP contribution in [0.1, 0.15) is 63.8 Å². The Morgan fingerprint density at radius 3 is 1.57 bits per heavy atom. The van der Waals surface area contributed by atoms with Gasteiger partial charge in [-0.3, -0.25) is 0 Å². The van der Waals surface area contributed by atoms with Gasteiger partial charge in [-0.25, -0.2) is 0 Å². The monoisotopic (exact) mass is 312 g/mol. The highest BCUT2D eigenvalue weighted by molar-refractivity contribution is 5.58. The van der Waals surface area contributed by atoms with E-state index in [1.807, 2.05) is 36.4 Å². The molecule has 0 aliphatic rings. The molecule has 0 bridgehead atoms. The van der Waals surface area contributed by atoms with E-state index < -0.39 is 0 Å². The minimum atomic E-state index is -0.191. The Kier molecular flexibility index (Phi) is 4.48. The second kappa shape index (κ2) is 5.92. The van der Waals surface area contributed by atoms with Gasteiger partial charge in [0.05, 0.1) is 0 Å². The Hall–Kier alpha value is -1.96. The van der Waals surface area contributed by atoms with Crippen LogP contribution < -0.4 is 0 Å². The molecule has 0 unspecified atom stereocenters. The molecule has 0 aliphatic heterocycles. The van der Waals surface area contributed by atoms with Crippen molar-refractivity contribution < 1.29 is 10.2 Å². The van der Waals surface area contributed by atoms with Gasteiger partial charge in [-0.2, -0.15) is 0 Å². The van der Waals surface area contributed by atoms with Crippen molar-refractivity contribution in [2.24, 2.45) is 0 Å². The van der Waals surface area contributed by atoms with Crippen LogP contribution in [0.2, 0.25) is 0 Å². The van der Waals surface area contributed by atoms with Crippen molar-refractivity contribution in [2.75, 3.05) is 0 Å². The molecule has 2 N–H and O–H groups in total. The molecule has 0 amide bonds. The topological polar surface area (TPSA) is 40.5 Å². The van der Waals surface area contributed by atoms with Crippen LogP contribution in [0.5, 0.6) is 11.5 Å². The Labute approximate surface area is 139 Å². The summed E-state index contributed by atoms with van der Waals surface area (Å²) in [5, 5.41) is 21.6. The van der Waals surface area contributed by atoms with Crippen molar-refractivity contribution >= 4 is 0 Å². The molecule has 0 aliphatic carbocycles. The number of benzene rings is 2. The van der Waals surface area contributed by atoms with Crippen molar-refractivity contribution in [3.8, 4) is 11.5 Å².